The van der Waals surface area contributed by atoms with E-state index in [0.717, 1.165) is 12.5 Å². The van der Waals surface area contributed by atoms with Gasteiger partial charge in [0, 0.05) is 24.5 Å². The second-order valence-electron chi connectivity index (χ2n) is 5.10. The monoisotopic (exact) mass is 337 g/mol. The van der Waals surface area contributed by atoms with Crippen molar-refractivity contribution in [2.75, 3.05) is 18.2 Å². The van der Waals surface area contributed by atoms with E-state index >= 15 is 0 Å². The van der Waals surface area contributed by atoms with Gasteiger partial charge in [-0.05, 0) is 19.9 Å². The smallest absolute Gasteiger partial charge is 0.244 e. The predicted octanol–water partition coefficient (Wildman–Crippen LogP) is -1.03. The first kappa shape index (κ1) is 17.8. The molecule has 0 aromatic carbocycles. The fourth-order valence-corrected chi connectivity index (χ4v) is 4.00. The average Bonchev–Trinajstić information content (AvgIpc) is 2.34. The summed E-state index contributed by atoms with van der Waals surface area (Å²) in [6.45, 7) is 2.98. The van der Waals surface area contributed by atoms with Crippen molar-refractivity contribution in [3.8, 4) is 0 Å². The van der Waals surface area contributed by atoms with Gasteiger partial charge >= 0.3 is 0 Å². The standard InChI is InChI=1S/C10H19N5O4S2/c1-10(2,15-20(3,16)17)7-13-21(18,19)9-6-12-5-4-8(9)14-11/h4-6,13,15H,7,11H2,1-3H3,(H,12,14). The Morgan fingerprint density at radius 3 is 2.43 bits per heavy atom. The van der Waals surface area contributed by atoms with Gasteiger partial charge in [-0.1, -0.05) is 0 Å². The maximum absolute atomic E-state index is 12.2. The van der Waals surface area contributed by atoms with Gasteiger partial charge in [-0.15, -0.1) is 0 Å². The van der Waals surface area contributed by atoms with Gasteiger partial charge in [0.15, 0.2) is 0 Å². The minimum atomic E-state index is -3.88. The Morgan fingerprint density at radius 1 is 1.29 bits per heavy atom. The van der Waals surface area contributed by atoms with Crippen LogP contribution in [0.3, 0.4) is 0 Å². The zero-order valence-corrected chi connectivity index (χ0v) is 13.5. The molecule has 0 bridgehead atoms. The average molecular weight is 337 g/mol. The Bertz CT molecular complexity index is 700. The summed E-state index contributed by atoms with van der Waals surface area (Å²) in [5.74, 6) is 5.25. The molecule has 0 saturated carbocycles. The van der Waals surface area contributed by atoms with Crippen molar-refractivity contribution in [1.29, 1.82) is 0 Å². The van der Waals surface area contributed by atoms with Gasteiger partial charge in [0.05, 0.1) is 11.9 Å². The minimum Gasteiger partial charge on any atom is -0.323 e. The summed E-state index contributed by atoms with van der Waals surface area (Å²) in [4.78, 5) is 3.61. The summed E-state index contributed by atoms with van der Waals surface area (Å²) in [6, 6.07) is 1.41. The van der Waals surface area contributed by atoms with Crippen molar-refractivity contribution in [2.45, 2.75) is 24.3 Å². The number of nitrogens with zero attached hydrogens (tertiary/aromatic N) is 1. The van der Waals surface area contributed by atoms with Crippen molar-refractivity contribution >= 4 is 25.7 Å². The number of sulfonamides is 2. The number of hydrazine groups is 1. The number of rotatable bonds is 7. The Kier molecular flexibility index (Phi) is 5.28. The van der Waals surface area contributed by atoms with E-state index in [2.05, 4.69) is 19.9 Å². The highest BCUT2D eigenvalue weighted by Gasteiger charge is 2.26. The molecule has 0 fully saturated rings. The molecule has 1 aromatic rings. The lowest BCUT2D eigenvalue weighted by molar-refractivity contribution is 0.446. The van der Waals surface area contributed by atoms with Crippen LogP contribution in [0.2, 0.25) is 0 Å². The van der Waals surface area contributed by atoms with Gasteiger partial charge in [0.1, 0.15) is 4.90 Å². The van der Waals surface area contributed by atoms with Crippen molar-refractivity contribution < 1.29 is 16.8 Å². The summed E-state index contributed by atoms with van der Waals surface area (Å²) in [7, 11) is -7.34. The van der Waals surface area contributed by atoms with E-state index in [4.69, 9.17) is 5.84 Å². The second-order valence-corrected chi connectivity index (χ2v) is 8.58. The lowest BCUT2D eigenvalue weighted by Crippen LogP contribution is -2.51. The molecule has 0 amide bonds. The van der Waals surface area contributed by atoms with Crippen LogP contribution in [0.15, 0.2) is 23.4 Å². The van der Waals surface area contributed by atoms with Crippen molar-refractivity contribution in [2.24, 2.45) is 5.84 Å². The predicted molar refractivity (Wildman–Crippen MR) is 79.3 cm³/mol. The Balaban J connectivity index is 2.92. The number of hydrogen-bond acceptors (Lipinski definition) is 7. The number of hydrogen-bond donors (Lipinski definition) is 4. The van der Waals surface area contributed by atoms with E-state index in [1.165, 1.54) is 12.3 Å². The second kappa shape index (κ2) is 6.23. The van der Waals surface area contributed by atoms with Crippen LogP contribution in [-0.4, -0.2) is 40.2 Å². The summed E-state index contributed by atoms with van der Waals surface area (Å²) in [5.41, 5.74) is 1.47. The molecule has 0 aliphatic carbocycles. The number of pyridine rings is 1. The first-order valence-electron chi connectivity index (χ1n) is 5.86. The van der Waals surface area contributed by atoms with Gasteiger partial charge in [0.2, 0.25) is 20.0 Å². The molecular formula is C10H19N5O4S2. The van der Waals surface area contributed by atoms with E-state index in [1.807, 2.05) is 0 Å². The van der Waals surface area contributed by atoms with Crippen molar-refractivity contribution in [3.63, 3.8) is 0 Å². The van der Waals surface area contributed by atoms with Gasteiger partial charge in [0.25, 0.3) is 0 Å². The van der Waals surface area contributed by atoms with Crippen LogP contribution < -0.4 is 20.7 Å². The Labute approximate surface area is 124 Å². The van der Waals surface area contributed by atoms with E-state index in [9.17, 15) is 16.8 Å². The van der Waals surface area contributed by atoms with Crippen molar-refractivity contribution in [1.82, 2.24) is 14.4 Å². The minimum absolute atomic E-state index is 0.123. The van der Waals surface area contributed by atoms with Crippen LogP contribution in [0, 0.1) is 0 Å². The molecule has 120 valence electrons. The van der Waals surface area contributed by atoms with Crippen LogP contribution in [0.1, 0.15) is 13.8 Å². The van der Waals surface area contributed by atoms with Crippen LogP contribution in [0.5, 0.6) is 0 Å². The zero-order valence-electron chi connectivity index (χ0n) is 11.9. The van der Waals surface area contributed by atoms with Gasteiger partial charge < -0.3 is 5.43 Å². The number of nitrogens with one attached hydrogen (secondary N) is 3. The summed E-state index contributed by atoms with van der Waals surface area (Å²) < 4.78 is 51.5. The fourth-order valence-electron chi connectivity index (χ4n) is 1.60. The summed E-state index contributed by atoms with van der Waals surface area (Å²) in [5, 5.41) is 0. The van der Waals surface area contributed by atoms with Gasteiger partial charge in [-0.25, -0.2) is 26.3 Å². The molecule has 0 aliphatic rings. The highest BCUT2D eigenvalue weighted by molar-refractivity contribution is 7.89. The van der Waals surface area contributed by atoms with Gasteiger partial charge in [-0.3, -0.25) is 10.8 Å². The number of anilines is 1. The van der Waals surface area contributed by atoms with E-state index in [-0.39, 0.29) is 17.1 Å². The molecule has 1 rings (SSSR count). The molecular weight excluding hydrogens is 318 g/mol. The molecule has 0 spiro atoms. The molecule has 21 heavy (non-hydrogen) atoms. The number of aromatic nitrogens is 1. The molecule has 5 N–H and O–H groups in total. The lowest BCUT2D eigenvalue weighted by Gasteiger charge is -2.25. The SMILES string of the molecule is CC(C)(CNS(=O)(=O)c1cnccc1NN)NS(C)(=O)=O. The Hall–Kier alpha value is -1.27. The maximum atomic E-state index is 12.2. The Morgan fingerprint density at radius 2 is 1.90 bits per heavy atom. The van der Waals surface area contributed by atoms with E-state index in [0.29, 0.717) is 0 Å². The quantitative estimate of drug-likeness (QED) is 0.368. The molecule has 0 radical (unpaired) electrons. The fraction of sp³-hybridized carbons (Fsp3) is 0.500. The molecule has 11 heteroatoms. The largest absolute Gasteiger partial charge is 0.323 e. The maximum Gasteiger partial charge on any atom is 0.244 e. The van der Waals surface area contributed by atoms with Crippen molar-refractivity contribution in [3.05, 3.63) is 18.5 Å². The third kappa shape index (κ3) is 5.55. The summed E-state index contributed by atoms with van der Waals surface area (Å²) >= 11 is 0. The molecule has 0 atom stereocenters. The molecule has 0 unspecified atom stereocenters. The molecule has 9 nitrogen and oxygen atoms in total. The number of nitrogens with two attached hydrogens (primary N) is 1. The first-order valence-corrected chi connectivity index (χ1v) is 9.23. The van der Waals surface area contributed by atoms with Crippen LogP contribution >= 0.6 is 0 Å². The van der Waals surface area contributed by atoms with E-state index < -0.39 is 25.6 Å². The molecule has 1 aromatic heterocycles. The third-order valence-corrected chi connectivity index (χ3v) is 4.75. The lowest BCUT2D eigenvalue weighted by atomic mass is 10.1. The summed E-state index contributed by atoms with van der Waals surface area (Å²) in [6.07, 6.45) is 3.54. The van der Waals surface area contributed by atoms with Crippen LogP contribution in [0.4, 0.5) is 5.69 Å². The highest BCUT2D eigenvalue weighted by atomic mass is 32.2. The van der Waals surface area contributed by atoms with E-state index in [1.54, 1.807) is 13.8 Å². The molecule has 0 aliphatic heterocycles. The third-order valence-electron chi connectivity index (χ3n) is 2.40. The zero-order chi connectivity index (χ0) is 16.3. The first-order chi connectivity index (χ1) is 9.47. The van der Waals surface area contributed by atoms with Crippen LogP contribution in [0.25, 0.3) is 0 Å². The number of nitrogen functional groups attached to an aromatic ring is 1. The van der Waals surface area contributed by atoms with Crippen LogP contribution in [-0.2, 0) is 20.0 Å². The topological polar surface area (TPSA) is 143 Å². The normalized spacial score (nSPS) is 13.1. The molecule has 1 heterocycles. The molecule has 0 saturated heterocycles. The van der Waals surface area contributed by atoms with Gasteiger partial charge in [-0.2, -0.15) is 0 Å². The highest BCUT2D eigenvalue weighted by Crippen LogP contribution is 2.18.